The van der Waals surface area contributed by atoms with Crippen LogP contribution in [0.4, 0.5) is 13.2 Å². The Kier molecular flexibility index (Phi) is 4.17. The van der Waals surface area contributed by atoms with Gasteiger partial charge in [0.2, 0.25) is 0 Å². The van der Waals surface area contributed by atoms with Crippen molar-refractivity contribution in [2.45, 2.75) is 33.1 Å². The lowest BCUT2D eigenvalue weighted by molar-refractivity contribution is -0.141. The molecule has 0 spiro atoms. The molecule has 2 aromatic rings. The highest BCUT2D eigenvalue weighted by molar-refractivity contribution is 5.21. The van der Waals surface area contributed by atoms with Gasteiger partial charge in [-0.2, -0.15) is 18.3 Å². The van der Waals surface area contributed by atoms with E-state index in [0.29, 0.717) is 12.3 Å². The summed E-state index contributed by atoms with van der Waals surface area (Å²) in [6.45, 7) is 5.46. The molecule has 0 aliphatic carbocycles. The number of nitrogens with zero attached hydrogens (tertiary/aromatic N) is 2. The van der Waals surface area contributed by atoms with Crippen molar-refractivity contribution in [1.82, 2.24) is 15.1 Å². The summed E-state index contributed by atoms with van der Waals surface area (Å²) in [5.41, 5.74) is -0.0544. The molecule has 0 aliphatic rings. The Morgan fingerprint density at radius 1 is 1.40 bits per heavy atom. The van der Waals surface area contributed by atoms with Gasteiger partial charge < -0.3 is 9.73 Å². The van der Waals surface area contributed by atoms with Crippen LogP contribution in [0.25, 0.3) is 0 Å². The summed E-state index contributed by atoms with van der Waals surface area (Å²) in [6, 6.07) is 2.81. The van der Waals surface area contributed by atoms with Crippen molar-refractivity contribution in [2.75, 3.05) is 6.54 Å². The van der Waals surface area contributed by atoms with E-state index in [0.717, 1.165) is 23.9 Å². The highest BCUT2D eigenvalue weighted by Crippen LogP contribution is 2.27. The first-order valence-electron chi connectivity index (χ1n) is 6.29. The summed E-state index contributed by atoms with van der Waals surface area (Å²) < 4.78 is 44.2. The maximum absolute atomic E-state index is 12.5. The molecule has 110 valence electrons. The van der Waals surface area contributed by atoms with Crippen molar-refractivity contribution >= 4 is 0 Å². The van der Waals surface area contributed by atoms with E-state index >= 15 is 0 Å². The van der Waals surface area contributed by atoms with Crippen molar-refractivity contribution < 1.29 is 17.6 Å². The third-order valence-electron chi connectivity index (χ3n) is 2.88. The van der Waals surface area contributed by atoms with Gasteiger partial charge in [-0.25, -0.2) is 0 Å². The molecule has 0 bridgehead atoms. The molecule has 0 aliphatic heterocycles. The molecule has 1 N–H and O–H groups in total. The van der Waals surface area contributed by atoms with Gasteiger partial charge in [-0.3, -0.25) is 4.68 Å². The number of halogens is 3. The summed E-state index contributed by atoms with van der Waals surface area (Å²) in [7, 11) is 0. The topological polar surface area (TPSA) is 43.0 Å². The lowest BCUT2D eigenvalue weighted by Crippen LogP contribution is -2.10. The van der Waals surface area contributed by atoms with Gasteiger partial charge in [-0.1, -0.05) is 6.92 Å². The average Bonchev–Trinajstić information content (AvgIpc) is 2.95. The van der Waals surface area contributed by atoms with Crippen LogP contribution in [0.1, 0.15) is 29.7 Å². The van der Waals surface area contributed by atoms with Gasteiger partial charge in [0.1, 0.15) is 11.5 Å². The second-order valence-electron chi connectivity index (χ2n) is 4.47. The fraction of sp³-hybridized carbons (Fsp3) is 0.462. The molecule has 0 aromatic carbocycles. The third-order valence-corrected chi connectivity index (χ3v) is 2.88. The maximum atomic E-state index is 12.5. The Bertz CT molecular complexity index is 572. The number of hydrogen-bond donors (Lipinski definition) is 1. The highest BCUT2D eigenvalue weighted by Gasteiger charge is 2.33. The number of rotatable bonds is 5. The van der Waals surface area contributed by atoms with E-state index in [1.54, 1.807) is 6.92 Å². The van der Waals surface area contributed by atoms with E-state index in [-0.39, 0.29) is 6.54 Å². The normalized spacial score (nSPS) is 12.1. The maximum Gasteiger partial charge on any atom is 0.435 e. The Morgan fingerprint density at radius 3 is 2.75 bits per heavy atom. The molecule has 4 nitrogen and oxygen atoms in total. The van der Waals surface area contributed by atoms with Gasteiger partial charge in [0, 0.05) is 11.8 Å². The summed E-state index contributed by atoms with van der Waals surface area (Å²) >= 11 is 0. The van der Waals surface area contributed by atoms with Crippen LogP contribution in [-0.4, -0.2) is 16.3 Å². The molecule has 0 amide bonds. The zero-order chi connectivity index (χ0) is 14.8. The fourth-order valence-electron chi connectivity index (χ4n) is 1.86. The minimum Gasteiger partial charge on any atom is -0.465 e. The second-order valence-corrected chi connectivity index (χ2v) is 4.47. The number of hydrogen-bond acceptors (Lipinski definition) is 3. The second kappa shape index (κ2) is 5.70. The van der Waals surface area contributed by atoms with E-state index < -0.39 is 11.9 Å². The first kappa shape index (κ1) is 14.6. The third kappa shape index (κ3) is 3.41. The summed E-state index contributed by atoms with van der Waals surface area (Å²) in [4.78, 5) is 0. The van der Waals surface area contributed by atoms with Gasteiger partial charge in [-0.15, -0.1) is 0 Å². The zero-order valence-corrected chi connectivity index (χ0v) is 11.3. The van der Waals surface area contributed by atoms with E-state index in [2.05, 4.69) is 10.4 Å². The average molecular weight is 287 g/mol. The first-order chi connectivity index (χ1) is 9.40. The predicted octanol–water partition coefficient (Wildman–Crippen LogP) is 2.96. The van der Waals surface area contributed by atoms with E-state index in [1.807, 2.05) is 13.0 Å². The van der Waals surface area contributed by atoms with Crippen molar-refractivity contribution in [1.29, 1.82) is 0 Å². The fourth-order valence-corrected chi connectivity index (χ4v) is 1.86. The SMILES string of the molecule is CCNCc1cc(Cn2ccc(C(F)(F)F)n2)c(C)o1. The van der Waals surface area contributed by atoms with Crippen molar-refractivity contribution in [3.8, 4) is 0 Å². The molecule has 0 atom stereocenters. The molecule has 0 fully saturated rings. The van der Waals surface area contributed by atoms with Crippen LogP contribution < -0.4 is 5.32 Å². The molecule has 2 heterocycles. The molecular weight excluding hydrogens is 271 g/mol. The number of aromatic nitrogens is 2. The molecule has 20 heavy (non-hydrogen) atoms. The Balaban J connectivity index is 2.10. The van der Waals surface area contributed by atoms with Crippen molar-refractivity contribution in [2.24, 2.45) is 0 Å². The minimum atomic E-state index is -4.41. The van der Waals surface area contributed by atoms with Crippen LogP contribution in [0.3, 0.4) is 0 Å². The summed E-state index contributed by atoms with van der Waals surface area (Å²) in [5, 5.41) is 6.65. The largest absolute Gasteiger partial charge is 0.465 e. The zero-order valence-electron chi connectivity index (χ0n) is 11.3. The van der Waals surface area contributed by atoms with Crippen LogP contribution in [-0.2, 0) is 19.3 Å². The van der Waals surface area contributed by atoms with Gasteiger partial charge >= 0.3 is 6.18 Å². The Hall–Kier alpha value is -1.76. The minimum absolute atomic E-state index is 0.261. The van der Waals surface area contributed by atoms with Gasteiger partial charge in [0.15, 0.2) is 5.69 Å². The van der Waals surface area contributed by atoms with Crippen LogP contribution in [0.5, 0.6) is 0 Å². The summed E-state index contributed by atoms with van der Waals surface area (Å²) in [6.07, 6.45) is -3.09. The molecule has 7 heteroatoms. The Morgan fingerprint density at radius 2 is 2.15 bits per heavy atom. The molecule has 0 unspecified atom stereocenters. The van der Waals surface area contributed by atoms with Crippen LogP contribution in [0, 0.1) is 6.92 Å². The molecule has 0 saturated heterocycles. The monoisotopic (exact) mass is 287 g/mol. The number of furan rings is 1. The standard InChI is InChI=1S/C13H16F3N3O/c1-3-17-7-11-6-10(9(2)20-11)8-19-5-4-12(18-19)13(14,15)16/h4-6,17H,3,7-8H2,1-2H3. The number of aryl methyl sites for hydroxylation is 1. The van der Waals surface area contributed by atoms with E-state index in [9.17, 15) is 13.2 Å². The molecule has 2 aromatic heterocycles. The van der Waals surface area contributed by atoms with Gasteiger partial charge in [-0.05, 0) is 25.6 Å². The quantitative estimate of drug-likeness (QED) is 0.919. The first-order valence-corrected chi connectivity index (χ1v) is 6.29. The van der Waals surface area contributed by atoms with E-state index in [1.165, 1.54) is 10.9 Å². The Labute approximate surface area is 114 Å². The van der Waals surface area contributed by atoms with Crippen LogP contribution in [0.2, 0.25) is 0 Å². The molecule has 0 radical (unpaired) electrons. The van der Waals surface area contributed by atoms with Gasteiger partial charge in [0.25, 0.3) is 0 Å². The lowest BCUT2D eigenvalue weighted by Gasteiger charge is -2.02. The smallest absolute Gasteiger partial charge is 0.435 e. The van der Waals surface area contributed by atoms with Gasteiger partial charge in [0.05, 0.1) is 13.1 Å². The van der Waals surface area contributed by atoms with Crippen molar-refractivity contribution in [3.63, 3.8) is 0 Å². The van der Waals surface area contributed by atoms with Crippen molar-refractivity contribution in [3.05, 3.63) is 41.1 Å². The highest BCUT2D eigenvalue weighted by atomic mass is 19.4. The van der Waals surface area contributed by atoms with Crippen LogP contribution in [0.15, 0.2) is 22.7 Å². The molecule has 0 saturated carbocycles. The number of nitrogens with one attached hydrogen (secondary N) is 1. The van der Waals surface area contributed by atoms with Crippen LogP contribution >= 0.6 is 0 Å². The molecule has 2 rings (SSSR count). The summed E-state index contributed by atoms with van der Waals surface area (Å²) in [5.74, 6) is 1.46. The van der Waals surface area contributed by atoms with E-state index in [4.69, 9.17) is 4.42 Å². The predicted molar refractivity (Wildman–Crippen MR) is 67.2 cm³/mol. The number of alkyl halides is 3. The molecular formula is C13H16F3N3O. The lowest BCUT2D eigenvalue weighted by atomic mass is 10.2.